The largest absolute Gasteiger partial charge is 0.453 e. The highest BCUT2D eigenvalue weighted by molar-refractivity contribution is 5.97. The number of nitrogens with one attached hydrogen (secondary N) is 2. The Kier molecular flexibility index (Phi) is 6.03. The first kappa shape index (κ1) is 19.5. The van der Waals surface area contributed by atoms with Gasteiger partial charge in [0.05, 0.1) is 6.42 Å². The minimum absolute atomic E-state index is 0.0264. The standard InChI is InChI=1S/C19H22N4O5/c1-11-3-5-13(6-4-11)18-23-22-15(28-18)9-10-16(24)27-12(2)17(25)21-19(26)20-14-7-8-14/h3-6,12,14H,7-10H2,1-2H3,(H2,20,21,25,26). The molecular weight excluding hydrogens is 364 g/mol. The topological polar surface area (TPSA) is 123 Å². The third-order valence-electron chi connectivity index (χ3n) is 4.14. The average Bonchev–Trinajstić information content (AvgIpc) is 3.33. The maximum Gasteiger partial charge on any atom is 0.321 e. The van der Waals surface area contributed by atoms with Gasteiger partial charge in [-0.05, 0) is 38.8 Å². The summed E-state index contributed by atoms with van der Waals surface area (Å²) in [7, 11) is 0. The van der Waals surface area contributed by atoms with Gasteiger partial charge in [-0.2, -0.15) is 0 Å². The lowest BCUT2D eigenvalue weighted by Gasteiger charge is -2.12. The highest BCUT2D eigenvalue weighted by atomic mass is 16.5. The molecule has 1 atom stereocenters. The normalized spacial score (nSPS) is 14.2. The third kappa shape index (κ3) is 5.63. The van der Waals surface area contributed by atoms with Crippen molar-refractivity contribution in [2.24, 2.45) is 0 Å². The first-order valence-corrected chi connectivity index (χ1v) is 9.11. The zero-order valence-corrected chi connectivity index (χ0v) is 15.7. The zero-order valence-electron chi connectivity index (χ0n) is 15.7. The second kappa shape index (κ2) is 8.64. The predicted octanol–water partition coefficient (Wildman–Crippen LogP) is 1.90. The molecule has 2 N–H and O–H groups in total. The number of carbonyl (C=O) groups excluding carboxylic acids is 3. The zero-order chi connectivity index (χ0) is 20.1. The number of amides is 3. The first-order valence-electron chi connectivity index (χ1n) is 9.11. The lowest BCUT2D eigenvalue weighted by molar-refractivity contribution is -0.154. The van der Waals surface area contributed by atoms with Crippen LogP contribution in [0.2, 0.25) is 0 Å². The van der Waals surface area contributed by atoms with Crippen LogP contribution >= 0.6 is 0 Å². The van der Waals surface area contributed by atoms with Gasteiger partial charge in [-0.15, -0.1) is 10.2 Å². The van der Waals surface area contributed by atoms with Crippen molar-refractivity contribution >= 4 is 17.9 Å². The number of nitrogens with zero attached hydrogens (tertiary/aromatic N) is 2. The Labute approximate surface area is 161 Å². The molecule has 148 valence electrons. The average molecular weight is 386 g/mol. The summed E-state index contributed by atoms with van der Waals surface area (Å²) in [6.45, 7) is 3.38. The number of ether oxygens (including phenoxy) is 1. The summed E-state index contributed by atoms with van der Waals surface area (Å²) in [5.41, 5.74) is 1.91. The van der Waals surface area contributed by atoms with Crippen LogP contribution < -0.4 is 10.6 Å². The SMILES string of the molecule is Cc1ccc(-c2nnc(CCC(=O)OC(C)C(=O)NC(=O)NC3CC3)o2)cc1. The minimum Gasteiger partial charge on any atom is -0.453 e. The fraction of sp³-hybridized carbons (Fsp3) is 0.421. The Bertz CT molecular complexity index is 857. The number of esters is 1. The summed E-state index contributed by atoms with van der Waals surface area (Å²) < 4.78 is 10.6. The predicted molar refractivity (Wildman–Crippen MR) is 98.0 cm³/mol. The molecular formula is C19H22N4O5. The number of aryl methyl sites for hydroxylation is 2. The second-order valence-electron chi connectivity index (χ2n) is 6.74. The van der Waals surface area contributed by atoms with Gasteiger partial charge in [0.25, 0.3) is 5.91 Å². The summed E-state index contributed by atoms with van der Waals surface area (Å²) in [6.07, 6.45) is 0.902. The van der Waals surface area contributed by atoms with Crippen molar-refractivity contribution in [1.29, 1.82) is 0 Å². The van der Waals surface area contributed by atoms with Crippen LogP contribution in [-0.2, 0) is 20.7 Å². The molecule has 0 saturated heterocycles. The molecule has 3 rings (SSSR count). The van der Waals surface area contributed by atoms with Gasteiger partial charge >= 0.3 is 12.0 Å². The Morgan fingerprint density at radius 2 is 1.93 bits per heavy atom. The molecule has 1 unspecified atom stereocenters. The number of carbonyl (C=O) groups is 3. The number of aromatic nitrogens is 2. The smallest absolute Gasteiger partial charge is 0.321 e. The lowest BCUT2D eigenvalue weighted by atomic mass is 10.1. The maximum atomic E-state index is 11.9. The van der Waals surface area contributed by atoms with Crippen LogP contribution in [-0.4, -0.2) is 40.3 Å². The van der Waals surface area contributed by atoms with E-state index in [4.69, 9.17) is 9.15 Å². The van der Waals surface area contributed by atoms with E-state index in [1.54, 1.807) is 0 Å². The van der Waals surface area contributed by atoms with E-state index in [0.717, 1.165) is 24.0 Å². The molecule has 0 bridgehead atoms. The molecule has 0 aliphatic heterocycles. The molecule has 1 heterocycles. The number of rotatable bonds is 7. The van der Waals surface area contributed by atoms with Gasteiger partial charge in [0.1, 0.15) is 0 Å². The van der Waals surface area contributed by atoms with Crippen LogP contribution in [0.4, 0.5) is 4.79 Å². The van der Waals surface area contributed by atoms with E-state index >= 15 is 0 Å². The van der Waals surface area contributed by atoms with E-state index < -0.39 is 24.0 Å². The van der Waals surface area contributed by atoms with Crippen molar-refractivity contribution < 1.29 is 23.5 Å². The van der Waals surface area contributed by atoms with Gasteiger partial charge in [-0.1, -0.05) is 17.7 Å². The molecule has 9 heteroatoms. The lowest BCUT2D eigenvalue weighted by Crippen LogP contribution is -2.45. The molecule has 9 nitrogen and oxygen atoms in total. The summed E-state index contributed by atoms with van der Waals surface area (Å²) in [6, 6.07) is 7.18. The van der Waals surface area contributed by atoms with Gasteiger partial charge in [-0.25, -0.2) is 4.79 Å². The Morgan fingerprint density at radius 3 is 2.61 bits per heavy atom. The van der Waals surface area contributed by atoms with E-state index in [9.17, 15) is 14.4 Å². The van der Waals surface area contributed by atoms with E-state index in [2.05, 4.69) is 20.8 Å². The summed E-state index contributed by atoms with van der Waals surface area (Å²) >= 11 is 0. The highest BCUT2D eigenvalue weighted by Crippen LogP contribution is 2.19. The molecule has 3 amide bonds. The van der Waals surface area contributed by atoms with Crippen molar-refractivity contribution in [1.82, 2.24) is 20.8 Å². The van der Waals surface area contributed by atoms with Gasteiger partial charge in [0, 0.05) is 18.0 Å². The number of imide groups is 1. The highest BCUT2D eigenvalue weighted by Gasteiger charge is 2.26. The van der Waals surface area contributed by atoms with Gasteiger partial charge in [0.2, 0.25) is 11.8 Å². The van der Waals surface area contributed by atoms with Crippen molar-refractivity contribution in [3.05, 3.63) is 35.7 Å². The molecule has 1 aliphatic carbocycles. The van der Waals surface area contributed by atoms with Crippen LogP contribution in [0.15, 0.2) is 28.7 Å². The van der Waals surface area contributed by atoms with Crippen LogP contribution in [0.5, 0.6) is 0 Å². The number of hydrogen-bond donors (Lipinski definition) is 2. The molecule has 1 saturated carbocycles. The van der Waals surface area contributed by atoms with E-state index in [1.165, 1.54) is 6.92 Å². The quantitative estimate of drug-likeness (QED) is 0.697. The number of hydrogen-bond acceptors (Lipinski definition) is 7. The second-order valence-corrected chi connectivity index (χ2v) is 6.74. The monoisotopic (exact) mass is 386 g/mol. The Morgan fingerprint density at radius 1 is 1.21 bits per heavy atom. The van der Waals surface area contributed by atoms with Crippen LogP contribution in [0.25, 0.3) is 11.5 Å². The third-order valence-corrected chi connectivity index (χ3v) is 4.14. The summed E-state index contributed by atoms with van der Waals surface area (Å²) in [5, 5.41) is 12.7. The summed E-state index contributed by atoms with van der Waals surface area (Å²) in [5.74, 6) is -0.600. The first-order chi connectivity index (χ1) is 13.4. The van der Waals surface area contributed by atoms with E-state index in [-0.39, 0.29) is 18.9 Å². The molecule has 0 spiro atoms. The van der Waals surface area contributed by atoms with Crippen LogP contribution in [0, 0.1) is 6.92 Å². The number of urea groups is 1. The van der Waals surface area contributed by atoms with Crippen LogP contribution in [0.1, 0.15) is 37.6 Å². The van der Waals surface area contributed by atoms with Crippen molar-refractivity contribution in [2.45, 2.75) is 51.7 Å². The van der Waals surface area contributed by atoms with Gasteiger partial charge in [-0.3, -0.25) is 14.9 Å². The molecule has 28 heavy (non-hydrogen) atoms. The van der Waals surface area contributed by atoms with E-state index in [0.29, 0.717) is 11.8 Å². The van der Waals surface area contributed by atoms with Gasteiger partial charge in [0.15, 0.2) is 6.10 Å². The fourth-order valence-electron chi connectivity index (χ4n) is 2.35. The molecule has 1 aromatic carbocycles. The minimum atomic E-state index is -1.08. The molecule has 1 aromatic heterocycles. The van der Waals surface area contributed by atoms with Crippen molar-refractivity contribution in [3.63, 3.8) is 0 Å². The maximum absolute atomic E-state index is 11.9. The van der Waals surface area contributed by atoms with Gasteiger partial charge < -0.3 is 14.5 Å². The number of benzene rings is 1. The Balaban J connectivity index is 1.42. The fourth-order valence-corrected chi connectivity index (χ4v) is 2.35. The molecule has 0 radical (unpaired) electrons. The van der Waals surface area contributed by atoms with Crippen LogP contribution in [0.3, 0.4) is 0 Å². The van der Waals surface area contributed by atoms with Crippen molar-refractivity contribution in [2.75, 3.05) is 0 Å². The molecule has 2 aromatic rings. The molecule has 1 aliphatic rings. The molecule has 1 fully saturated rings. The van der Waals surface area contributed by atoms with Crippen molar-refractivity contribution in [3.8, 4) is 11.5 Å². The van der Waals surface area contributed by atoms with E-state index in [1.807, 2.05) is 31.2 Å². The summed E-state index contributed by atoms with van der Waals surface area (Å²) in [4.78, 5) is 35.3. The Hall–Kier alpha value is -3.23.